The third-order valence-electron chi connectivity index (χ3n) is 2.76. The molecule has 0 saturated carbocycles. The largest absolute Gasteiger partial charge is 0.466 e. The topological polar surface area (TPSA) is 62.5 Å². The summed E-state index contributed by atoms with van der Waals surface area (Å²) in [5, 5.41) is 12.9. The number of amides is 1. The van der Waals surface area contributed by atoms with Crippen molar-refractivity contribution in [1.82, 2.24) is 5.32 Å². The van der Waals surface area contributed by atoms with Gasteiger partial charge in [0, 0.05) is 3.57 Å². The molecule has 1 amide bonds. The lowest BCUT2D eigenvalue weighted by atomic mass is 10.0. The summed E-state index contributed by atoms with van der Waals surface area (Å²) in [6.07, 6.45) is 1.49. The minimum Gasteiger partial charge on any atom is -0.466 e. The van der Waals surface area contributed by atoms with Gasteiger partial charge in [0.05, 0.1) is 18.4 Å². The summed E-state index contributed by atoms with van der Waals surface area (Å²) in [4.78, 5) is 12.0. The van der Waals surface area contributed by atoms with Crippen LogP contribution < -0.4 is 5.32 Å². The Labute approximate surface area is 125 Å². The Bertz CT molecular complexity index is 564. The lowest BCUT2D eigenvalue weighted by Crippen LogP contribution is -2.38. The van der Waals surface area contributed by atoms with Gasteiger partial charge in [0.25, 0.3) is 5.91 Å². The number of rotatable bonds is 4. The highest BCUT2D eigenvalue weighted by Gasteiger charge is 2.27. The molecule has 19 heavy (non-hydrogen) atoms. The summed E-state index contributed by atoms with van der Waals surface area (Å²) in [6, 6.07) is 10.7. The van der Waals surface area contributed by atoms with Crippen molar-refractivity contribution in [3.05, 3.63) is 57.6 Å². The normalized spacial score (nSPS) is 13.8. The molecule has 1 aromatic heterocycles. The number of hydrogen-bond donors (Lipinski definition) is 2. The Morgan fingerprint density at radius 3 is 2.74 bits per heavy atom. The molecule has 1 heterocycles. The number of benzene rings is 1. The van der Waals surface area contributed by atoms with Crippen LogP contribution in [0.2, 0.25) is 0 Å². The molecule has 1 atom stereocenters. The van der Waals surface area contributed by atoms with Crippen LogP contribution in [0.15, 0.2) is 47.1 Å². The molecule has 5 heteroatoms. The standard InChI is InChI=1S/C14H14INO3/c1-14(18,12-7-4-8-19-12)9-16-13(17)10-5-2-3-6-11(10)15/h2-8,18H,9H2,1H3,(H,16,17). The average Bonchev–Trinajstić information content (AvgIpc) is 2.91. The van der Waals surface area contributed by atoms with E-state index >= 15 is 0 Å². The van der Waals surface area contributed by atoms with Crippen LogP contribution in [0.5, 0.6) is 0 Å². The molecule has 0 bridgehead atoms. The van der Waals surface area contributed by atoms with Crippen LogP contribution in [0, 0.1) is 3.57 Å². The highest BCUT2D eigenvalue weighted by Crippen LogP contribution is 2.20. The minimum absolute atomic E-state index is 0.0876. The molecular formula is C14H14INO3. The Balaban J connectivity index is 2.03. The number of carbonyl (C=O) groups is 1. The van der Waals surface area contributed by atoms with Gasteiger partial charge in [-0.3, -0.25) is 4.79 Å². The van der Waals surface area contributed by atoms with E-state index in [9.17, 15) is 9.90 Å². The first kappa shape index (κ1) is 14.1. The van der Waals surface area contributed by atoms with E-state index in [2.05, 4.69) is 27.9 Å². The first-order valence-corrected chi connectivity index (χ1v) is 6.88. The number of carbonyl (C=O) groups excluding carboxylic acids is 1. The molecule has 0 fully saturated rings. The fraction of sp³-hybridized carbons (Fsp3) is 0.214. The van der Waals surface area contributed by atoms with Crippen LogP contribution in [0.25, 0.3) is 0 Å². The van der Waals surface area contributed by atoms with Gasteiger partial charge in [-0.05, 0) is 53.8 Å². The summed E-state index contributed by atoms with van der Waals surface area (Å²) >= 11 is 2.10. The van der Waals surface area contributed by atoms with Crippen molar-refractivity contribution in [2.45, 2.75) is 12.5 Å². The zero-order valence-electron chi connectivity index (χ0n) is 10.4. The van der Waals surface area contributed by atoms with E-state index in [1.165, 1.54) is 6.26 Å². The van der Waals surface area contributed by atoms with Crippen molar-refractivity contribution >= 4 is 28.5 Å². The Kier molecular flexibility index (Phi) is 4.26. The zero-order valence-corrected chi connectivity index (χ0v) is 12.5. The van der Waals surface area contributed by atoms with Crippen LogP contribution >= 0.6 is 22.6 Å². The van der Waals surface area contributed by atoms with Gasteiger partial charge in [0.1, 0.15) is 11.4 Å². The highest BCUT2D eigenvalue weighted by molar-refractivity contribution is 14.1. The fourth-order valence-electron chi connectivity index (χ4n) is 1.67. The SMILES string of the molecule is CC(O)(CNC(=O)c1ccccc1I)c1ccco1. The van der Waals surface area contributed by atoms with Crippen LogP contribution in [0.1, 0.15) is 23.0 Å². The van der Waals surface area contributed by atoms with Gasteiger partial charge >= 0.3 is 0 Å². The zero-order chi connectivity index (χ0) is 13.9. The molecule has 0 aliphatic rings. The molecule has 2 rings (SSSR count). The second kappa shape index (κ2) is 5.75. The highest BCUT2D eigenvalue weighted by atomic mass is 127. The van der Waals surface area contributed by atoms with Crippen molar-refractivity contribution in [3.63, 3.8) is 0 Å². The van der Waals surface area contributed by atoms with E-state index in [0.717, 1.165) is 3.57 Å². The molecule has 0 aliphatic heterocycles. The van der Waals surface area contributed by atoms with Gasteiger partial charge in [0.2, 0.25) is 0 Å². The lowest BCUT2D eigenvalue weighted by Gasteiger charge is -2.21. The number of aliphatic hydroxyl groups is 1. The van der Waals surface area contributed by atoms with E-state index in [1.54, 1.807) is 25.1 Å². The molecule has 2 N–H and O–H groups in total. The minimum atomic E-state index is -1.22. The van der Waals surface area contributed by atoms with E-state index in [-0.39, 0.29) is 12.5 Å². The summed E-state index contributed by atoms with van der Waals surface area (Å²) < 4.78 is 6.03. The number of hydrogen-bond acceptors (Lipinski definition) is 3. The Morgan fingerprint density at radius 1 is 1.37 bits per heavy atom. The van der Waals surface area contributed by atoms with E-state index in [4.69, 9.17) is 4.42 Å². The van der Waals surface area contributed by atoms with Crippen molar-refractivity contribution in [2.24, 2.45) is 0 Å². The summed E-state index contributed by atoms with van der Waals surface area (Å²) in [6.45, 7) is 1.69. The van der Waals surface area contributed by atoms with Gasteiger partial charge in [-0.2, -0.15) is 0 Å². The predicted octanol–water partition coefficient (Wildman–Crippen LogP) is 2.52. The van der Waals surface area contributed by atoms with E-state index in [1.807, 2.05) is 18.2 Å². The fourth-order valence-corrected chi connectivity index (χ4v) is 2.30. The Hall–Kier alpha value is -1.34. The maximum Gasteiger partial charge on any atom is 0.252 e. The molecule has 1 unspecified atom stereocenters. The first-order chi connectivity index (χ1) is 9.00. The Morgan fingerprint density at radius 2 is 2.11 bits per heavy atom. The van der Waals surface area contributed by atoms with Crippen LogP contribution in [-0.2, 0) is 5.60 Å². The molecular weight excluding hydrogens is 357 g/mol. The van der Waals surface area contributed by atoms with Gasteiger partial charge in [-0.25, -0.2) is 0 Å². The van der Waals surface area contributed by atoms with E-state index < -0.39 is 5.60 Å². The summed E-state index contributed by atoms with van der Waals surface area (Å²) in [5.41, 5.74) is -0.627. The van der Waals surface area contributed by atoms with Crippen molar-refractivity contribution in [3.8, 4) is 0 Å². The second-order valence-electron chi connectivity index (χ2n) is 4.41. The monoisotopic (exact) mass is 371 g/mol. The smallest absolute Gasteiger partial charge is 0.252 e. The number of furan rings is 1. The number of halogens is 1. The third kappa shape index (κ3) is 3.36. The maximum absolute atomic E-state index is 12.0. The lowest BCUT2D eigenvalue weighted by molar-refractivity contribution is 0.0330. The molecule has 2 aromatic rings. The van der Waals surface area contributed by atoms with E-state index in [0.29, 0.717) is 11.3 Å². The van der Waals surface area contributed by atoms with Crippen LogP contribution in [0.3, 0.4) is 0 Å². The molecule has 0 radical (unpaired) electrons. The summed E-state index contributed by atoms with van der Waals surface area (Å²) in [7, 11) is 0. The summed E-state index contributed by atoms with van der Waals surface area (Å²) in [5.74, 6) is 0.215. The van der Waals surface area contributed by atoms with Crippen LogP contribution in [-0.4, -0.2) is 17.6 Å². The molecule has 1 aromatic carbocycles. The first-order valence-electron chi connectivity index (χ1n) is 5.80. The second-order valence-corrected chi connectivity index (χ2v) is 5.58. The van der Waals surface area contributed by atoms with Gasteiger partial charge in [-0.15, -0.1) is 0 Å². The van der Waals surface area contributed by atoms with Crippen LogP contribution in [0.4, 0.5) is 0 Å². The van der Waals surface area contributed by atoms with Gasteiger partial charge < -0.3 is 14.8 Å². The molecule has 0 aliphatic carbocycles. The maximum atomic E-state index is 12.0. The van der Waals surface area contributed by atoms with Crippen molar-refractivity contribution in [1.29, 1.82) is 0 Å². The van der Waals surface area contributed by atoms with Gasteiger partial charge in [0.15, 0.2) is 0 Å². The average molecular weight is 371 g/mol. The predicted molar refractivity (Wildman–Crippen MR) is 79.8 cm³/mol. The molecule has 4 nitrogen and oxygen atoms in total. The quantitative estimate of drug-likeness (QED) is 0.812. The molecule has 0 spiro atoms. The third-order valence-corrected chi connectivity index (χ3v) is 3.70. The number of nitrogens with one attached hydrogen (secondary N) is 1. The molecule has 100 valence electrons. The van der Waals surface area contributed by atoms with Crippen molar-refractivity contribution in [2.75, 3.05) is 6.54 Å². The van der Waals surface area contributed by atoms with Gasteiger partial charge in [-0.1, -0.05) is 12.1 Å². The molecule has 0 saturated heterocycles. The van der Waals surface area contributed by atoms with Crippen molar-refractivity contribution < 1.29 is 14.3 Å².